The third-order valence-corrected chi connectivity index (χ3v) is 6.17. The molecule has 7 nitrogen and oxygen atoms in total. The molecular weight excluding hydrogens is 424 g/mol. The average molecular weight is 453 g/mol. The van der Waals surface area contributed by atoms with Crippen LogP contribution in [0.15, 0.2) is 58.2 Å². The fraction of sp³-hybridized carbons (Fsp3) is 0.375. The van der Waals surface area contributed by atoms with Crippen LogP contribution < -0.4 is 10.1 Å². The molecule has 1 N–H and O–H groups in total. The first-order valence-corrected chi connectivity index (χ1v) is 11.7. The molecule has 1 atom stereocenters. The molecule has 32 heavy (non-hydrogen) atoms. The minimum atomic E-state index is -0.0204. The number of rotatable bonds is 9. The molecule has 1 aliphatic rings. The number of nitrogens with one attached hydrogen (secondary N) is 1. The van der Waals surface area contributed by atoms with E-state index in [0.29, 0.717) is 11.1 Å². The van der Waals surface area contributed by atoms with Crippen LogP contribution in [-0.2, 0) is 17.9 Å². The number of carbonyl (C=O) groups is 1. The second-order valence-corrected chi connectivity index (χ2v) is 9.01. The van der Waals surface area contributed by atoms with Gasteiger partial charge >= 0.3 is 0 Å². The highest BCUT2D eigenvalue weighted by atomic mass is 32.2. The van der Waals surface area contributed by atoms with E-state index in [4.69, 9.17) is 9.15 Å². The van der Waals surface area contributed by atoms with Crippen LogP contribution in [0.2, 0.25) is 0 Å². The lowest BCUT2D eigenvalue weighted by molar-refractivity contribution is -0.119. The molecule has 168 valence electrons. The first-order chi connectivity index (χ1) is 15.5. The van der Waals surface area contributed by atoms with Gasteiger partial charge in [-0.2, -0.15) is 0 Å². The standard InChI is InChI=1S/C24H28N4O3S/c1-17-8-9-18(2)21(12-17)30-15-23-26-27-24(31-23)32-16-22(29)25-20-10-11-28(14-20)13-19-6-4-3-5-7-19/h3-9,12,20H,10-11,13-16H2,1-2H3,(H,25,29). The van der Waals surface area contributed by atoms with Crippen LogP contribution in [0.4, 0.5) is 0 Å². The van der Waals surface area contributed by atoms with Crippen LogP contribution in [0.1, 0.15) is 29.0 Å². The molecule has 1 unspecified atom stereocenters. The van der Waals surface area contributed by atoms with Crippen molar-refractivity contribution >= 4 is 17.7 Å². The SMILES string of the molecule is Cc1ccc(C)c(OCc2nnc(SCC(=O)NC3CCN(Cc4ccccc4)C3)o2)c1. The monoisotopic (exact) mass is 452 g/mol. The summed E-state index contributed by atoms with van der Waals surface area (Å²) in [6.07, 6.45) is 0.962. The summed E-state index contributed by atoms with van der Waals surface area (Å²) in [5.41, 5.74) is 3.48. The molecule has 0 saturated carbocycles. The largest absolute Gasteiger partial charge is 0.484 e. The highest BCUT2D eigenvalue weighted by molar-refractivity contribution is 7.99. The molecule has 0 spiro atoms. The third kappa shape index (κ3) is 6.34. The van der Waals surface area contributed by atoms with E-state index >= 15 is 0 Å². The van der Waals surface area contributed by atoms with Crippen molar-refractivity contribution in [3.63, 3.8) is 0 Å². The van der Waals surface area contributed by atoms with Gasteiger partial charge in [-0.15, -0.1) is 10.2 Å². The van der Waals surface area contributed by atoms with Gasteiger partial charge in [0.05, 0.1) is 5.75 Å². The Hall–Kier alpha value is -2.84. The summed E-state index contributed by atoms with van der Waals surface area (Å²) in [6.45, 7) is 6.98. The predicted octanol–water partition coefficient (Wildman–Crippen LogP) is 3.75. The minimum absolute atomic E-state index is 0.0204. The van der Waals surface area contributed by atoms with Crippen LogP contribution in [-0.4, -0.2) is 45.9 Å². The van der Waals surface area contributed by atoms with Crippen LogP contribution in [0.5, 0.6) is 5.75 Å². The van der Waals surface area contributed by atoms with Crippen molar-refractivity contribution in [1.29, 1.82) is 0 Å². The third-order valence-electron chi connectivity index (χ3n) is 5.36. The Morgan fingerprint density at radius 3 is 2.91 bits per heavy atom. The molecule has 1 aliphatic heterocycles. The zero-order valence-corrected chi connectivity index (χ0v) is 19.2. The summed E-state index contributed by atoms with van der Waals surface area (Å²) < 4.78 is 11.4. The predicted molar refractivity (Wildman–Crippen MR) is 124 cm³/mol. The summed E-state index contributed by atoms with van der Waals surface area (Å²) >= 11 is 1.24. The number of ether oxygens (including phenoxy) is 1. The Morgan fingerprint density at radius 2 is 2.06 bits per heavy atom. The molecule has 0 aliphatic carbocycles. The van der Waals surface area contributed by atoms with E-state index in [9.17, 15) is 4.79 Å². The molecule has 1 aromatic heterocycles. The first-order valence-electron chi connectivity index (χ1n) is 10.8. The maximum atomic E-state index is 12.4. The Balaban J connectivity index is 1.18. The Bertz CT molecular complexity index is 1040. The normalized spacial score (nSPS) is 16.2. The Kier molecular flexibility index (Phi) is 7.44. The number of aryl methyl sites for hydroxylation is 2. The van der Waals surface area contributed by atoms with Gasteiger partial charge in [0, 0.05) is 25.7 Å². The second kappa shape index (κ2) is 10.7. The number of carbonyl (C=O) groups excluding carboxylic acids is 1. The first kappa shape index (κ1) is 22.4. The van der Waals surface area contributed by atoms with Crippen molar-refractivity contribution in [2.75, 3.05) is 18.8 Å². The van der Waals surface area contributed by atoms with Gasteiger partial charge in [-0.05, 0) is 43.0 Å². The summed E-state index contributed by atoms with van der Waals surface area (Å²) in [7, 11) is 0. The summed E-state index contributed by atoms with van der Waals surface area (Å²) in [4.78, 5) is 14.7. The van der Waals surface area contributed by atoms with Crippen LogP contribution in [0.3, 0.4) is 0 Å². The molecule has 1 amide bonds. The fourth-order valence-corrected chi connectivity index (χ4v) is 4.28. The van der Waals surface area contributed by atoms with Gasteiger partial charge in [-0.3, -0.25) is 9.69 Å². The van der Waals surface area contributed by atoms with Gasteiger partial charge in [0.15, 0.2) is 6.61 Å². The van der Waals surface area contributed by atoms with Gasteiger partial charge in [0.2, 0.25) is 5.91 Å². The van der Waals surface area contributed by atoms with Crippen molar-refractivity contribution in [1.82, 2.24) is 20.4 Å². The zero-order chi connectivity index (χ0) is 22.3. The number of likely N-dealkylation sites (tertiary alicyclic amines) is 1. The smallest absolute Gasteiger partial charge is 0.277 e. The lowest BCUT2D eigenvalue weighted by atomic mass is 10.1. The van der Waals surface area contributed by atoms with Crippen LogP contribution in [0, 0.1) is 13.8 Å². The Labute approximate surface area is 192 Å². The van der Waals surface area contributed by atoms with E-state index in [1.165, 1.54) is 17.3 Å². The number of amides is 1. The number of benzene rings is 2. The van der Waals surface area contributed by atoms with Gasteiger partial charge in [0.25, 0.3) is 11.1 Å². The zero-order valence-electron chi connectivity index (χ0n) is 18.4. The van der Waals surface area contributed by atoms with Gasteiger partial charge in [-0.25, -0.2) is 0 Å². The summed E-state index contributed by atoms with van der Waals surface area (Å²) in [5, 5.41) is 11.5. The van der Waals surface area contributed by atoms with Crippen molar-refractivity contribution in [2.24, 2.45) is 0 Å². The maximum absolute atomic E-state index is 12.4. The second-order valence-electron chi connectivity index (χ2n) is 8.08. The number of hydrogen-bond acceptors (Lipinski definition) is 7. The minimum Gasteiger partial charge on any atom is -0.484 e. The average Bonchev–Trinajstić information content (AvgIpc) is 3.43. The molecule has 0 radical (unpaired) electrons. The topological polar surface area (TPSA) is 80.5 Å². The Morgan fingerprint density at radius 1 is 1.22 bits per heavy atom. The maximum Gasteiger partial charge on any atom is 0.277 e. The van der Waals surface area contributed by atoms with E-state index in [2.05, 4.69) is 44.7 Å². The highest BCUT2D eigenvalue weighted by Gasteiger charge is 2.24. The molecule has 1 fully saturated rings. The molecular formula is C24H28N4O3S. The quantitative estimate of drug-likeness (QED) is 0.495. The van der Waals surface area contributed by atoms with E-state index in [1.807, 2.05) is 38.1 Å². The van der Waals surface area contributed by atoms with E-state index in [-0.39, 0.29) is 24.3 Å². The lowest BCUT2D eigenvalue weighted by Gasteiger charge is -2.16. The van der Waals surface area contributed by atoms with E-state index in [0.717, 1.165) is 42.9 Å². The van der Waals surface area contributed by atoms with Crippen molar-refractivity contribution in [3.8, 4) is 5.75 Å². The van der Waals surface area contributed by atoms with E-state index in [1.54, 1.807) is 0 Å². The summed E-state index contributed by atoms with van der Waals surface area (Å²) in [6, 6.07) is 16.6. The van der Waals surface area contributed by atoms with Gasteiger partial charge in [0.1, 0.15) is 5.75 Å². The molecule has 3 aromatic rings. The molecule has 0 bridgehead atoms. The van der Waals surface area contributed by atoms with Crippen LogP contribution >= 0.6 is 11.8 Å². The number of nitrogens with zero attached hydrogens (tertiary/aromatic N) is 3. The fourth-order valence-electron chi connectivity index (χ4n) is 3.69. The van der Waals surface area contributed by atoms with Crippen molar-refractivity contribution < 1.29 is 13.9 Å². The lowest BCUT2D eigenvalue weighted by Crippen LogP contribution is -2.37. The highest BCUT2D eigenvalue weighted by Crippen LogP contribution is 2.22. The van der Waals surface area contributed by atoms with E-state index < -0.39 is 0 Å². The van der Waals surface area contributed by atoms with Crippen LogP contribution in [0.25, 0.3) is 0 Å². The molecule has 2 aromatic carbocycles. The van der Waals surface area contributed by atoms with Gasteiger partial charge in [-0.1, -0.05) is 54.2 Å². The molecule has 1 saturated heterocycles. The number of thioether (sulfide) groups is 1. The van der Waals surface area contributed by atoms with Crippen molar-refractivity contribution in [2.45, 2.75) is 44.7 Å². The molecule has 8 heteroatoms. The van der Waals surface area contributed by atoms with Crippen molar-refractivity contribution in [3.05, 3.63) is 71.1 Å². The number of hydrogen-bond donors (Lipinski definition) is 1. The molecule has 2 heterocycles. The molecule has 4 rings (SSSR count). The number of aromatic nitrogens is 2. The summed E-state index contributed by atoms with van der Waals surface area (Å²) in [5.74, 6) is 1.41. The van der Waals surface area contributed by atoms with Gasteiger partial charge < -0.3 is 14.5 Å².